The van der Waals surface area contributed by atoms with Gasteiger partial charge in [0.2, 0.25) is 0 Å². The van der Waals surface area contributed by atoms with E-state index in [1.807, 2.05) is 79.7 Å². The monoisotopic (exact) mass is 634 g/mol. The lowest BCUT2D eigenvalue weighted by molar-refractivity contribution is 1.50. The van der Waals surface area contributed by atoms with Gasteiger partial charge in [0.15, 0.2) is 0 Å². The van der Waals surface area contributed by atoms with Crippen molar-refractivity contribution in [3.63, 3.8) is 0 Å². The maximum Gasteiger partial charge on any atom is -0.0178 e. The van der Waals surface area contributed by atoms with Crippen molar-refractivity contribution in [2.24, 2.45) is 0 Å². The van der Waals surface area contributed by atoms with Gasteiger partial charge in [0.1, 0.15) is 0 Å². The Morgan fingerprint density at radius 3 is 0.583 bits per heavy atom. The number of allylic oxidation sites excluding steroid dienone is 2. The van der Waals surface area contributed by atoms with Gasteiger partial charge < -0.3 is 0 Å². The van der Waals surface area contributed by atoms with Gasteiger partial charge in [0.05, 0.1) is 0 Å². The minimum atomic E-state index is 1.26. The lowest BCUT2D eigenvalue weighted by Crippen LogP contribution is -1.80. The molecule has 0 fully saturated rings. The first kappa shape index (κ1) is 42.8. The molecule has 0 aliphatic heterocycles. The first-order valence-corrected chi connectivity index (χ1v) is 17.4. The van der Waals surface area contributed by atoms with Gasteiger partial charge in [-0.1, -0.05) is 238 Å². The van der Waals surface area contributed by atoms with Crippen LogP contribution in [0.5, 0.6) is 0 Å². The molecule has 0 heteroatoms. The molecule has 0 saturated heterocycles. The Morgan fingerprint density at radius 1 is 0.250 bits per heavy atom. The first-order valence-electron chi connectivity index (χ1n) is 17.4. The van der Waals surface area contributed by atoms with Gasteiger partial charge in [0.25, 0.3) is 0 Å². The van der Waals surface area contributed by atoms with E-state index in [-0.39, 0.29) is 0 Å². The smallest absolute Gasteiger partial charge is 0.0178 e. The summed E-state index contributed by atoms with van der Waals surface area (Å²) in [7, 11) is 0. The van der Waals surface area contributed by atoms with Gasteiger partial charge in [-0.3, -0.25) is 0 Å². The third kappa shape index (κ3) is 15.9. The molecule has 6 aromatic carbocycles. The van der Waals surface area contributed by atoms with Crippen LogP contribution in [0.25, 0.3) is 44.5 Å². The highest BCUT2D eigenvalue weighted by molar-refractivity contribution is 5.74. The van der Waals surface area contributed by atoms with Gasteiger partial charge in [-0.05, 0) is 56.6 Å². The van der Waals surface area contributed by atoms with E-state index in [2.05, 4.69) is 159 Å². The molecule has 0 aliphatic rings. The largest absolute Gasteiger partial charge is 0.0991 e. The number of hydrogen-bond acceptors (Lipinski definition) is 0. The van der Waals surface area contributed by atoms with Crippen molar-refractivity contribution >= 4 is 0 Å². The number of benzene rings is 6. The molecular weight excluding hydrogens is 577 g/mol. The average Bonchev–Trinajstić information content (AvgIpc) is 3.23. The maximum atomic E-state index is 3.36. The van der Waals surface area contributed by atoms with Gasteiger partial charge in [-0.2, -0.15) is 0 Å². The summed E-state index contributed by atoms with van der Waals surface area (Å²) in [4.78, 5) is 0. The predicted molar refractivity (Wildman–Crippen MR) is 220 cm³/mol. The van der Waals surface area contributed by atoms with Crippen molar-refractivity contribution in [3.05, 3.63) is 195 Å². The normalized spacial score (nSPS) is 8.58. The molecule has 0 aliphatic carbocycles. The Bertz CT molecular complexity index is 1350. The molecule has 0 saturated carbocycles. The fourth-order valence-corrected chi connectivity index (χ4v) is 4.28. The molecule has 0 radical (unpaired) electrons. The van der Waals surface area contributed by atoms with Gasteiger partial charge >= 0.3 is 0 Å². The second-order valence-corrected chi connectivity index (χ2v) is 9.10. The van der Waals surface area contributed by atoms with E-state index in [4.69, 9.17) is 0 Å². The van der Waals surface area contributed by atoms with Crippen molar-refractivity contribution in [3.8, 4) is 44.5 Å². The fraction of sp³-hybridized carbons (Fsp3) is 0.167. The molecule has 0 atom stereocenters. The van der Waals surface area contributed by atoms with E-state index in [1.54, 1.807) is 12.2 Å². The summed E-state index contributed by atoms with van der Waals surface area (Å²) in [5, 5.41) is 0. The van der Waals surface area contributed by atoms with E-state index in [0.717, 1.165) is 0 Å². The molecule has 0 bridgehead atoms. The zero-order valence-corrected chi connectivity index (χ0v) is 30.7. The van der Waals surface area contributed by atoms with Crippen LogP contribution in [0.3, 0.4) is 0 Å². The zero-order valence-electron chi connectivity index (χ0n) is 30.7. The van der Waals surface area contributed by atoms with Crippen LogP contribution < -0.4 is 0 Å². The third-order valence-electron chi connectivity index (χ3n) is 6.32. The average molecular weight is 635 g/mol. The lowest BCUT2D eigenvalue weighted by atomic mass is 9.99. The summed E-state index contributed by atoms with van der Waals surface area (Å²) in [5.41, 5.74) is 10.1. The minimum absolute atomic E-state index is 1.26. The third-order valence-corrected chi connectivity index (χ3v) is 6.32. The van der Waals surface area contributed by atoms with E-state index in [1.165, 1.54) is 44.5 Å². The van der Waals surface area contributed by atoms with Crippen molar-refractivity contribution < 1.29 is 0 Å². The Kier molecular flexibility index (Phi) is 26.1. The molecule has 0 amide bonds. The molecule has 0 nitrogen and oxygen atoms in total. The van der Waals surface area contributed by atoms with E-state index in [0.29, 0.717) is 0 Å². The summed E-state index contributed by atoms with van der Waals surface area (Å²) < 4.78 is 0. The SMILES string of the molecule is C=CC=C.CC.CC.CC.CC.c1ccc(-c2cccc(-c3ccccc3)c2)cc1.c1ccc(-c2cccc(-c3ccccc3)c2)cc1. The Morgan fingerprint density at radius 2 is 0.417 bits per heavy atom. The zero-order chi connectivity index (χ0) is 35.8. The van der Waals surface area contributed by atoms with Crippen LogP contribution in [0.1, 0.15) is 55.4 Å². The van der Waals surface area contributed by atoms with Crippen LogP contribution in [0.4, 0.5) is 0 Å². The molecule has 250 valence electrons. The standard InChI is InChI=1S/2C18H14.C4H6.4C2H6/c2*1-3-8-15(9-4-1)17-12-7-13-18(14-17)16-10-5-2-6-11-16;1-3-4-2;4*1-2/h2*1-14H;3-4H,1-2H2;4*1-2H3. The molecule has 6 rings (SSSR count). The molecule has 0 unspecified atom stereocenters. The summed E-state index contributed by atoms with van der Waals surface area (Å²) >= 11 is 0. The Balaban J connectivity index is 0.000000700. The number of hydrogen-bond donors (Lipinski definition) is 0. The van der Waals surface area contributed by atoms with Gasteiger partial charge in [-0.15, -0.1) is 0 Å². The van der Waals surface area contributed by atoms with Crippen molar-refractivity contribution in [1.29, 1.82) is 0 Å². The summed E-state index contributed by atoms with van der Waals surface area (Å²) in [5.74, 6) is 0. The molecule has 0 N–H and O–H groups in total. The topological polar surface area (TPSA) is 0 Å². The van der Waals surface area contributed by atoms with Gasteiger partial charge in [-0.25, -0.2) is 0 Å². The molecule has 6 aromatic rings. The maximum absolute atomic E-state index is 3.36. The van der Waals surface area contributed by atoms with Crippen LogP contribution in [0, 0.1) is 0 Å². The summed E-state index contributed by atoms with van der Waals surface area (Å²) in [6.45, 7) is 22.7. The van der Waals surface area contributed by atoms with Crippen LogP contribution in [-0.4, -0.2) is 0 Å². The van der Waals surface area contributed by atoms with E-state index < -0.39 is 0 Å². The second-order valence-electron chi connectivity index (χ2n) is 9.10. The molecule has 0 spiro atoms. The van der Waals surface area contributed by atoms with Gasteiger partial charge in [0, 0.05) is 0 Å². The van der Waals surface area contributed by atoms with Crippen LogP contribution >= 0.6 is 0 Å². The second kappa shape index (κ2) is 29.2. The van der Waals surface area contributed by atoms with Crippen molar-refractivity contribution in [2.75, 3.05) is 0 Å². The molecule has 0 heterocycles. The van der Waals surface area contributed by atoms with Crippen molar-refractivity contribution in [2.45, 2.75) is 55.4 Å². The molecule has 0 aromatic heterocycles. The highest BCUT2D eigenvalue weighted by atomic mass is 14.1. The van der Waals surface area contributed by atoms with Crippen LogP contribution in [-0.2, 0) is 0 Å². The molecular formula is C48H58. The van der Waals surface area contributed by atoms with Crippen molar-refractivity contribution in [1.82, 2.24) is 0 Å². The summed E-state index contributed by atoms with van der Waals surface area (Å²) in [6.07, 6.45) is 3.28. The van der Waals surface area contributed by atoms with Crippen LogP contribution in [0.2, 0.25) is 0 Å². The van der Waals surface area contributed by atoms with E-state index >= 15 is 0 Å². The number of rotatable bonds is 5. The highest BCUT2D eigenvalue weighted by Crippen LogP contribution is 2.27. The highest BCUT2D eigenvalue weighted by Gasteiger charge is 2.01. The van der Waals surface area contributed by atoms with Crippen LogP contribution in [0.15, 0.2) is 195 Å². The minimum Gasteiger partial charge on any atom is -0.0991 e. The van der Waals surface area contributed by atoms with E-state index in [9.17, 15) is 0 Å². The fourth-order valence-electron chi connectivity index (χ4n) is 4.28. The lowest BCUT2D eigenvalue weighted by Gasteiger charge is -2.05. The Hall–Kier alpha value is -5.20. The quantitative estimate of drug-likeness (QED) is 0.166. The summed E-state index contributed by atoms with van der Waals surface area (Å²) in [6, 6.07) is 59.3. The molecule has 48 heavy (non-hydrogen) atoms. The Labute approximate surface area is 294 Å². The first-order chi connectivity index (χ1) is 23.8. The predicted octanol–water partition coefficient (Wildman–Crippen LogP) is 15.5.